The van der Waals surface area contributed by atoms with Gasteiger partial charge in [-0.1, -0.05) is 37.3 Å². The normalized spacial score (nSPS) is 19.9. The summed E-state index contributed by atoms with van der Waals surface area (Å²) in [5.74, 6) is 0.457. The zero-order valence-electron chi connectivity index (χ0n) is 11.8. The van der Waals surface area contributed by atoms with Crippen molar-refractivity contribution in [1.29, 1.82) is 0 Å². The summed E-state index contributed by atoms with van der Waals surface area (Å²) in [6, 6.07) is 10.3. The summed E-state index contributed by atoms with van der Waals surface area (Å²) in [6.07, 6.45) is 2.30. The highest BCUT2D eigenvalue weighted by Crippen LogP contribution is 2.16. The number of carbonyl (C=O) groups excluding carboxylic acids is 2. The van der Waals surface area contributed by atoms with E-state index in [0.717, 1.165) is 12.8 Å². The third-order valence-electron chi connectivity index (χ3n) is 3.64. The molecule has 0 aliphatic carbocycles. The van der Waals surface area contributed by atoms with Crippen LogP contribution < -0.4 is 0 Å². The zero-order chi connectivity index (χ0) is 14.4. The van der Waals surface area contributed by atoms with E-state index in [-0.39, 0.29) is 5.91 Å². The van der Waals surface area contributed by atoms with Gasteiger partial charge in [0.15, 0.2) is 12.5 Å². The largest absolute Gasteiger partial charge is 0.349 e. The van der Waals surface area contributed by atoms with Gasteiger partial charge in [-0.05, 0) is 24.3 Å². The van der Waals surface area contributed by atoms with Gasteiger partial charge in [-0.2, -0.15) is 0 Å². The van der Waals surface area contributed by atoms with E-state index >= 15 is 0 Å². The van der Waals surface area contributed by atoms with Gasteiger partial charge in [0.05, 0.1) is 6.61 Å². The van der Waals surface area contributed by atoms with E-state index in [4.69, 9.17) is 4.74 Å². The van der Waals surface area contributed by atoms with Gasteiger partial charge in [0.1, 0.15) is 0 Å². The maximum atomic E-state index is 12.1. The number of carbonyl (C=O) groups is 2. The third kappa shape index (κ3) is 3.90. The molecule has 2 unspecified atom stereocenters. The monoisotopic (exact) mass is 275 g/mol. The molecule has 0 N–H and O–H groups in total. The van der Waals surface area contributed by atoms with Gasteiger partial charge in [-0.3, -0.25) is 9.59 Å². The number of aldehydes is 1. The molecular weight excluding hydrogens is 254 g/mol. The van der Waals surface area contributed by atoms with Crippen LogP contribution in [-0.4, -0.2) is 36.5 Å². The molecule has 0 saturated carbocycles. The van der Waals surface area contributed by atoms with Crippen molar-refractivity contribution in [3.8, 4) is 0 Å². The third-order valence-corrected chi connectivity index (χ3v) is 3.64. The lowest BCUT2D eigenvalue weighted by molar-refractivity contribution is -0.141. The number of hydrogen-bond donors (Lipinski definition) is 0. The van der Waals surface area contributed by atoms with Gasteiger partial charge in [-0.25, -0.2) is 0 Å². The van der Waals surface area contributed by atoms with E-state index in [9.17, 15) is 9.59 Å². The molecule has 0 spiro atoms. The van der Waals surface area contributed by atoms with Crippen LogP contribution in [0, 0.1) is 5.92 Å². The lowest BCUT2D eigenvalue weighted by Gasteiger charge is -2.19. The molecule has 2 rings (SSSR count). The maximum absolute atomic E-state index is 12.1. The molecule has 1 saturated heterocycles. The van der Waals surface area contributed by atoms with E-state index in [2.05, 4.69) is 19.1 Å². The first-order valence-electron chi connectivity index (χ1n) is 7.11. The lowest BCUT2D eigenvalue weighted by Crippen LogP contribution is -2.37. The van der Waals surface area contributed by atoms with Crippen LogP contribution >= 0.6 is 0 Å². The summed E-state index contributed by atoms with van der Waals surface area (Å²) in [4.78, 5) is 24.4. The van der Waals surface area contributed by atoms with Crippen LogP contribution in [0.1, 0.15) is 25.3 Å². The molecule has 4 heteroatoms. The molecule has 0 bridgehead atoms. The second-order valence-corrected chi connectivity index (χ2v) is 5.32. The molecule has 20 heavy (non-hydrogen) atoms. The van der Waals surface area contributed by atoms with Crippen molar-refractivity contribution in [3.63, 3.8) is 0 Å². The van der Waals surface area contributed by atoms with E-state index in [1.54, 1.807) is 0 Å². The highest BCUT2D eigenvalue weighted by atomic mass is 16.5. The quantitative estimate of drug-likeness (QED) is 0.746. The van der Waals surface area contributed by atoms with Crippen LogP contribution in [0.4, 0.5) is 0 Å². The molecule has 1 aromatic carbocycles. The predicted molar refractivity (Wildman–Crippen MR) is 76.1 cm³/mol. The van der Waals surface area contributed by atoms with Crippen LogP contribution in [0.25, 0.3) is 0 Å². The fraction of sp³-hybridized carbons (Fsp3) is 0.500. The first kappa shape index (κ1) is 14.7. The van der Waals surface area contributed by atoms with Crippen LogP contribution in [0.5, 0.6) is 0 Å². The number of amides is 1. The standard InChI is InChI=1S/C16H21NO3/c1-13(11-14-5-3-2-4-6-14)7-8-15(19)17-9-10-20-16(17)12-18/h2-6,12-13,16H,7-11H2,1H3. The van der Waals surface area contributed by atoms with Gasteiger partial charge in [0.2, 0.25) is 5.91 Å². The molecule has 1 aliphatic rings. The Kier molecular flexibility index (Phi) is 5.30. The smallest absolute Gasteiger partial charge is 0.225 e. The topological polar surface area (TPSA) is 46.6 Å². The van der Waals surface area contributed by atoms with Gasteiger partial charge in [-0.15, -0.1) is 0 Å². The summed E-state index contributed by atoms with van der Waals surface area (Å²) in [7, 11) is 0. The molecule has 0 aromatic heterocycles. The Labute approximate surface area is 119 Å². The van der Waals surface area contributed by atoms with Crippen LogP contribution in [0.15, 0.2) is 30.3 Å². The molecule has 1 amide bonds. The van der Waals surface area contributed by atoms with Crippen molar-refractivity contribution >= 4 is 12.2 Å². The number of rotatable bonds is 6. The van der Waals surface area contributed by atoms with Crippen molar-refractivity contribution in [3.05, 3.63) is 35.9 Å². The molecule has 1 heterocycles. The highest BCUT2D eigenvalue weighted by molar-refractivity contribution is 5.79. The predicted octanol–water partition coefficient (Wildman–Crippen LogP) is 2.03. The minimum absolute atomic E-state index is 0.0134. The molecular formula is C16H21NO3. The summed E-state index contributed by atoms with van der Waals surface area (Å²) in [5, 5.41) is 0. The van der Waals surface area contributed by atoms with E-state index < -0.39 is 6.23 Å². The van der Waals surface area contributed by atoms with Crippen LogP contribution in [0.2, 0.25) is 0 Å². The SMILES string of the molecule is CC(CCC(=O)N1CCOC1C=O)Cc1ccccc1. The number of nitrogens with zero attached hydrogens (tertiary/aromatic N) is 1. The van der Waals surface area contributed by atoms with Crippen LogP contribution in [0.3, 0.4) is 0 Å². The van der Waals surface area contributed by atoms with Crippen molar-refractivity contribution in [2.45, 2.75) is 32.4 Å². The molecule has 2 atom stereocenters. The van der Waals surface area contributed by atoms with E-state index in [0.29, 0.717) is 31.8 Å². The fourth-order valence-electron chi connectivity index (χ4n) is 2.50. The minimum atomic E-state index is -0.674. The number of benzene rings is 1. The lowest BCUT2D eigenvalue weighted by atomic mass is 9.96. The summed E-state index contributed by atoms with van der Waals surface area (Å²) < 4.78 is 5.18. The number of ether oxygens (including phenoxy) is 1. The van der Waals surface area contributed by atoms with E-state index in [1.165, 1.54) is 10.5 Å². The summed E-state index contributed by atoms with van der Waals surface area (Å²) >= 11 is 0. The molecule has 1 fully saturated rings. The second-order valence-electron chi connectivity index (χ2n) is 5.32. The Morgan fingerprint density at radius 1 is 1.45 bits per heavy atom. The van der Waals surface area contributed by atoms with Gasteiger partial charge < -0.3 is 9.64 Å². The van der Waals surface area contributed by atoms with Crippen molar-refractivity contribution in [2.24, 2.45) is 5.92 Å². The minimum Gasteiger partial charge on any atom is -0.349 e. The van der Waals surface area contributed by atoms with Crippen molar-refractivity contribution in [2.75, 3.05) is 13.2 Å². The Morgan fingerprint density at radius 2 is 2.20 bits per heavy atom. The number of hydrogen-bond acceptors (Lipinski definition) is 3. The average molecular weight is 275 g/mol. The summed E-state index contributed by atoms with van der Waals surface area (Å²) in [6.45, 7) is 3.13. The Morgan fingerprint density at radius 3 is 2.90 bits per heavy atom. The van der Waals surface area contributed by atoms with Crippen molar-refractivity contribution < 1.29 is 14.3 Å². The van der Waals surface area contributed by atoms with Crippen molar-refractivity contribution in [1.82, 2.24) is 4.90 Å². The first-order chi connectivity index (χ1) is 9.70. The first-order valence-corrected chi connectivity index (χ1v) is 7.11. The van der Waals surface area contributed by atoms with E-state index in [1.807, 2.05) is 18.2 Å². The Hall–Kier alpha value is -1.68. The van der Waals surface area contributed by atoms with Gasteiger partial charge in [0.25, 0.3) is 0 Å². The zero-order valence-corrected chi connectivity index (χ0v) is 11.8. The Bertz CT molecular complexity index is 446. The Balaban J connectivity index is 1.77. The molecule has 1 aromatic rings. The van der Waals surface area contributed by atoms with Gasteiger partial charge >= 0.3 is 0 Å². The maximum Gasteiger partial charge on any atom is 0.225 e. The summed E-state index contributed by atoms with van der Waals surface area (Å²) in [5.41, 5.74) is 1.29. The molecule has 1 aliphatic heterocycles. The molecule has 4 nitrogen and oxygen atoms in total. The fourth-order valence-corrected chi connectivity index (χ4v) is 2.50. The van der Waals surface area contributed by atoms with Gasteiger partial charge in [0, 0.05) is 13.0 Å². The second kappa shape index (κ2) is 7.20. The molecule has 108 valence electrons. The molecule has 0 radical (unpaired) electrons. The highest BCUT2D eigenvalue weighted by Gasteiger charge is 2.28. The van der Waals surface area contributed by atoms with Crippen LogP contribution in [-0.2, 0) is 20.7 Å². The average Bonchev–Trinajstić information content (AvgIpc) is 2.94.